The summed E-state index contributed by atoms with van der Waals surface area (Å²) in [7, 11) is 2.39. The molecule has 0 aliphatic heterocycles. The van der Waals surface area contributed by atoms with E-state index in [0.717, 1.165) is 12.2 Å². The molecule has 0 unspecified atom stereocenters. The molecule has 1 fully saturated rings. The van der Waals surface area contributed by atoms with Gasteiger partial charge in [-0.1, -0.05) is 97.1 Å². The summed E-state index contributed by atoms with van der Waals surface area (Å²) in [6, 6.07) is 33.7. The molecule has 44 heavy (non-hydrogen) atoms. The van der Waals surface area contributed by atoms with E-state index in [9.17, 15) is 19.2 Å². The Bertz CT molecular complexity index is 1600. The highest BCUT2D eigenvalue weighted by molar-refractivity contribution is 5.96. The molecule has 8 heteroatoms. The highest BCUT2D eigenvalue weighted by atomic mass is 16.6. The minimum absolute atomic E-state index is 0.0648. The number of carbonyl (C=O) groups excluding carboxylic acids is 4. The van der Waals surface area contributed by atoms with Gasteiger partial charge in [0.2, 0.25) is 11.2 Å². The molecule has 4 aromatic carbocycles. The second-order valence-corrected chi connectivity index (χ2v) is 9.77. The summed E-state index contributed by atoms with van der Waals surface area (Å²) < 4.78 is 22.9. The second-order valence-electron chi connectivity index (χ2n) is 9.77. The van der Waals surface area contributed by atoms with Crippen molar-refractivity contribution in [3.8, 4) is 0 Å². The van der Waals surface area contributed by atoms with E-state index in [-0.39, 0.29) is 22.3 Å². The fourth-order valence-corrected chi connectivity index (χ4v) is 5.39. The van der Waals surface area contributed by atoms with Crippen LogP contribution < -0.4 is 0 Å². The maximum Gasteiger partial charge on any atom is 0.339 e. The van der Waals surface area contributed by atoms with Gasteiger partial charge >= 0.3 is 23.9 Å². The van der Waals surface area contributed by atoms with Gasteiger partial charge in [0, 0.05) is 34.4 Å². The molecular formula is C36H28O8. The van der Waals surface area contributed by atoms with Gasteiger partial charge in [-0.05, 0) is 24.3 Å². The Hall–Kier alpha value is -5.76. The number of benzene rings is 4. The van der Waals surface area contributed by atoms with E-state index in [4.69, 9.17) is 18.9 Å². The molecule has 1 aliphatic carbocycles. The van der Waals surface area contributed by atoms with Crippen LogP contribution in [-0.4, -0.2) is 38.1 Å². The van der Waals surface area contributed by atoms with Gasteiger partial charge in [0.15, 0.2) is 0 Å². The van der Waals surface area contributed by atoms with Crippen molar-refractivity contribution < 1.29 is 38.1 Å². The minimum atomic E-state index is -1.99. The molecule has 0 amide bonds. The lowest BCUT2D eigenvalue weighted by molar-refractivity contribution is -0.163. The molecule has 1 saturated carbocycles. The number of methoxy groups -OCH3 is 2. The van der Waals surface area contributed by atoms with E-state index in [0.29, 0.717) is 11.1 Å². The van der Waals surface area contributed by atoms with Crippen molar-refractivity contribution in [3.05, 3.63) is 167 Å². The van der Waals surface area contributed by atoms with Crippen molar-refractivity contribution in [2.45, 2.75) is 11.2 Å². The van der Waals surface area contributed by atoms with Crippen molar-refractivity contribution in [2.24, 2.45) is 0 Å². The van der Waals surface area contributed by atoms with E-state index in [1.807, 2.05) is 0 Å². The van der Waals surface area contributed by atoms with Crippen LogP contribution in [0.3, 0.4) is 0 Å². The van der Waals surface area contributed by atoms with Gasteiger partial charge in [-0.15, -0.1) is 0 Å². The fraction of sp³-hybridized carbons (Fsp3) is 0.111. The van der Waals surface area contributed by atoms with Gasteiger partial charge in [-0.3, -0.25) is 0 Å². The number of rotatable bonds is 8. The predicted molar refractivity (Wildman–Crippen MR) is 160 cm³/mol. The smallest absolute Gasteiger partial charge is 0.339 e. The molecule has 1 aliphatic rings. The second kappa shape index (κ2) is 12.6. The summed E-state index contributed by atoms with van der Waals surface area (Å²) in [5.74, 6) is -3.11. The molecule has 0 spiro atoms. The molecule has 8 nitrogen and oxygen atoms in total. The molecule has 0 aromatic heterocycles. The summed E-state index contributed by atoms with van der Waals surface area (Å²) in [6.07, 6.45) is 2.25. The maximum atomic E-state index is 14.0. The summed E-state index contributed by atoms with van der Waals surface area (Å²) in [5.41, 5.74) is -2.69. The zero-order chi connectivity index (χ0) is 31.2. The van der Waals surface area contributed by atoms with Crippen LogP contribution in [0.15, 0.2) is 145 Å². The lowest BCUT2D eigenvalue weighted by Gasteiger charge is -2.59. The molecular weight excluding hydrogens is 560 g/mol. The Morgan fingerprint density at radius 1 is 0.477 bits per heavy atom. The van der Waals surface area contributed by atoms with Crippen LogP contribution >= 0.6 is 0 Å². The third-order valence-electron chi connectivity index (χ3n) is 7.34. The van der Waals surface area contributed by atoms with Crippen LogP contribution in [0.5, 0.6) is 0 Å². The van der Waals surface area contributed by atoms with Crippen LogP contribution in [0.25, 0.3) is 0 Å². The van der Waals surface area contributed by atoms with Crippen LogP contribution in [0.2, 0.25) is 0 Å². The number of hydrogen-bond acceptors (Lipinski definition) is 8. The third-order valence-corrected chi connectivity index (χ3v) is 7.34. The van der Waals surface area contributed by atoms with Gasteiger partial charge in [-0.25, -0.2) is 19.2 Å². The predicted octanol–water partition coefficient (Wildman–Crippen LogP) is 5.70. The lowest BCUT2D eigenvalue weighted by Crippen LogP contribution is -2.66. The van der Waals surface area contributed by atoms with Gasteiger partial charge in [0.05, 0.1) is 25.3 Å². The summed E-state index contributed by atoms with van der Waals surface area (Å²) in [4.78, 5) is 53.7. The summed E-state index contributed by atoms with van der Waals surface area (Å²) in [6.45, 7) is 0. The molecule has 0 bridgehead atoms. The van der Waals surface area contributed by atoms with Crippen molar-refractivity contribution in [2.75, 3.05) is 14.2 Å². The Balaban J connectivity index is 1.90. The van der Waals surface area contributed by atoms with Crippen LogP contribution in [0.4, 0.5) is 0 Å². The quantitative estimate of drug-likeness (QED) is 0.147. The lowest BCUT2D eigenvalue weighted by atomic mass is 9.52. The van der Waals surface area contributed by atoms with Crippen LogP contribution in [-0.2, 0) is 39.7 Å². The van der Waals surface area contributed by atoms with Gasteiger partial charge in [-0.2, -0.15) is 0 Å². The Morgan fingerprint density at radius 3 is 1.07 bits per heavy atom. The molecule has 5 rings (SSSR count). The monoisotopic (exact) mass is 588 g/mol. The van der Waals surface area contributed by atoms with Gasteiger partial charge in [0.25, 0.3) is 0 Å². The van der Waals surface area contributed by atoms with Crippen molar-refractivity contribution in [1.82, 2.24) is 0 Å². The molecule has 0 heterocycles. The highest BCUT2D eigenvalue weighted by Crippen LogP contribution is 2.67. The Kier molecular flexibility index (Phi) is 8.53. The number of hydrogen-bond donors (Lipinski definition) is 0. The average Bonchev–Trinajstić information content (AvgIpc) is 3.09. The first-order valence-electron chi connectivity index (χ1n) is 13.7. The molecule has 0 radical (unpaired) electrons. The topological polar surface area (TPSA) is 105 Å². The maximum absolute atomic E-state index is 14.0. The molecule has 220 valence electrons. The largest absolute Gasteiger partial charge is 0.466 e. The average molecular weight is 589 g/mol. The van der Waals surface area contributed by atoms with Crippen LogP contribution in [0.1, 0.15) is 31.8 Å². The zero-order valence-corrected chi connectivity index (χ0v) is 24.0. The molecule has 0 saturated heterocycles. The highest BCUT2D eigenvalue weighted by Gasteiger charge is 2.74. The first-order valence-corrected chi connectivity index (χ1v) is 13.7. The SMILES string of the molecule is COC(=O)/C=C1/C(=C/C(=O)OC)[C@@](OC(=O)c2ccccc2)(c2ccccc2)[C@]1(OC(=O)c1ccccc1)c1ccccc1. The van der Waals surface area contributed by atoms with Crippen molar-refractivity contribution in [3.63, 3.8) is 0 Å². The Labute approximate surface area is 254 Å². The minimum Gasteiger partial charge on any atom is -0.466 e. The Morgan fingerprint density at radius 2 is 0.773 bits per heavy atom. The van der Waals surface area contributed by atoms with E-state index < -0.39 is 35.1 Å². The number of carbonyl (C=O) groups is 4. The summed E-state index contributed by atoms with van der Waals surface area (Å²) in [5, 5.41) is 0. The number of esters is 4. The van der Waals surface area contributed by atoms with Crippen molar-refractivity contribution >= 4 is 23.9 Å². The van der Waals surface area contributed by atoms with Gasteiger partial charge in [0.1, 0.15) is 0 Å². The first-order chi connectivity index (χ1) is 21.4. The number of ether oxygens (including phenoxy) is 4. The third kappa shape index (κ3) is 5.18. The zero-order valence-electron chi connectivity index (χ0n) is 24.0. The van der Waals surface area contributed by atoms with E-state index in [1.165, 1.54) is 14.2 Å². The molecule has 4 aromatic rings. The first kappa shape index (κ1) is 29.7. The van der Waals surface area contributed by atoms with E-state index >= 15 is 0 Å². The van der Waals surface area contributed by atoms with Crippen LogP contribution in [0, 0.1) is 0 Å². The fourth-order valence-electron chi connectivity index (χ4n) is 5.39. The molecule has 2 atom stereocenters. The normalized spacial score (nSPS) is 20.7. The van der Waals surface area contributed by atoms with E-state index in [2.05, 4.69) is 0 Å². The molecule has 0 N–H and O–H groups in total. The van der Waals surface area contributed by atoms with Crippen molar-refractivity contribution in [1.29, 1.82) is 0 Å². The summed E-state index contributed by atoms with van der Waals surface area (Å²) >= 11 is 0. The van der Waals surface area contributed by atoms with Gasteiger partial charge < -0.3 is 18.9 Å². The standard InChI is InChI=1S/C36H28O8/c1-41-31(37)23-29-30(24-32(38)42-2)36(28-21-13-6-14-22-28,44-34(40)26-17-9-4-10-18-26)35(29,27-19-11-5-12-20-27)43-33(39)25-15-7-3-8-16-25/h3-24H,1-2H3/b29-23-,30-24-/t35-,36-/m0/s1. The van der Waals surface area contributed by atoms with E-state index in [1.54, 1.807) is 121 Å².